The van der Waals surface area contributed by atoms with E-state index in [9.17, 15) is 0 Å². The van der Waals surface area contributed by atoms with Gasteiger partial charge in [-0.15, -0.1) is 0 Å². The summed E-state index contributed by atoms with van der Waals surface area (Å²) in [5.41, 5.74) is 11.7. The molecule has 0 aliphatic carbocycles. The van der Waals surface area contributed by atoms with E-state index in [1.54, 1.807) is 0 Å². The Morgan fingerprint density at radius 1 is 0.643 bits per heavy atom. The van der Waals surface area contributed by atoms with Crippen LogP contribution in [-0.2, 0) is 9.47 Å². The lowest BCUT2D eigenvalue weighted by molar-refractivity contribution is -0.0995. The largest absolute Gasteiger partial charge is 0.375 e. The Morgan fingerprint density at radius 2 is 0.929 bits per heavy atom. The molecule has 0 aliphatic heterocycles. The van der Waals surface area contributed by atoms with Gasteiger partial charge in [0.15, 0.2) is 0 Å². The zero-order valence-electron chi connectivity index (χ0n) is 21.2. The summed E-state index contributed by atoms with van der Waals surface area (Å²) in [6.45, 7) is 27.3. The Balaban J connectivity index is 4.94. The van der Waals surface area contributed by atoms with Gasteiger partial charge in [0.05, 0.1) is 24.4 Å². The summed E-state index contributed by atoms with van der Waals surface area (Å²) in [7, 11) is 0. The van der Waals surface area contributed by atoms with Crippen molar-refractivity contribution in [2.75, 3.05) is 13.2 Å². The van der Waals surface area contributed by atoms with Crippen LogP contribution in [0.3, 0.4) is 0 Å². The van der Waals surface area contributed by atoms with Gasteiger partial charge in [0.2, 0.25) is 0 Å². The summed E-state index contributed by atoms with van der Waals surface area (Å²) in [6.07, 6.45) is 3.06. The minimum absolute atomic E-state index is 0.135. The number of rotatable bonds is 13. The van der Waals surface area contributed by atoms with Crippen LogP contribution in [0.5, 0.6) is 0 Å². The Bertz CT molecular complexity index is 420. The normalized spacial score (nSPS) is 18.6. The zero-order chi connectivity index (χ0) is 22.6. The molecule has 0 spiro atoms. The lowest BCUT2D eigenvalue weighted by Gasteiger charge is -2.43. The van der Waals surface area contributed by atoms with Crippen molar-refractivity contribution in [3.8, 4) is 0 Å². The third-order valence-corrected chi connectivity index (χ3v) is 6.55. The zero-order valence-corrected chi connectivity index (χ0v) is 21.2. The van der Waals surface area contributed by atoms with Gasteiger partial charge in [0.1, 0.15) is 0 Å². The molecule has 2 unspecified atom stereocenters. The topological polar surface area (TPSA) is 70.5 Å². The Morgan fingerprint density at radius 3 is 1.14 bits per heavy atom. The first kappa shape index (κ1) is 27.8. The molecule has 2 atom stereocenters. The lowest BCUT2D eigenvalue weighted by Crippen LogP contribution is -2.45. The average molecular weight is 401 g/mol. The van der Waals surface area contributed by atoms with Crippen molar-refractivity contribution in [1.29, 1.82) is 0 Å². The van der Waals surface area contributed by atoms with Crippen molar-refractivity contribution in [3.05, 3.63) is 0 Å². The lowest BCUT2D eigenvalue weighted by atomic mass is 9.71. The highest BCUT2D eigenvalue weighted by Crippen LogP contribution is 2.41. The van der Waals surface area contributed by atoms with Crippen molar-refractivity contribution in [2.45, 2.75) is 125 Å². The molecule has 4 nitrogen and oxygen atoms in total. The van der Waals surface area contributed by atoms with Gasteiger partial charge in [-0.2, -0.15) is 0 Å². The van der Waals surface area contributed by atoms with Crippen molar-refractivity contribution in [3.63, 3.8) is 0 Å². The van der Waals surface area contributed by atoms with Crippen LogP contribution in [0, 0.1) is 17.3 Å². The number of hydrogen-bond donors (Lipinski definition) is 2. The minimum Gasteiger partial charge on any atom is -0.375 e. The van der Waals surface area contributed by atoms with Crippen LogP contribution in [0.25, 0.3) is 0 Å². The summed E-state index contributed by atoms with van der Waals surface area (Å²) in [5.74, 6) is 0.612. The number of hydrogen-bond acceptors (Lipinski definition) is 4. The molecule has 0 saturated carbocycles. The fourth-order valence-corrected chi connectivity index (χ4v) is 3.60. The van der Waals surface area contributed by atoms with Crippen LogP contribution >= 0.6 is 0 Å². The van der Waals surface area contributed by atoms with Crippen LogP contribution in [-0.4, -0.2) is 35.5 Å². The van der Waals surface area contributed by atoms with Crippen molar-refractivity contribution < 1.29 is 9.47 Å². The molecule has 0 saturated heterocycles. The van der Waals surface area contributed by atoms with E-state index in [0.29, 0.717) is 25.0 Å². The summed E-state index contributed by atoms with van der Waals surface area (Å²) in [6, 6.07) is 0. The highest BCUT2D eigenvalue weighted by molar-refractivity contribution is 4.89. The molecule has 0 aliphatic rings. The monoisotopic (exact) mass is 400 g/mol. The van der Waals surface area contributed by atoms with E-state index in [1.807, 2.05) is 0 Å². The fourth-order valence-electron chi connectivity index (χ4n) is 3.60. The van der Waals surface area contributed by atoms with Gasteiger partial charge in [-0.25, -0.2) is 0 Å². The van der Waals surface area contributed by atoms with Crippen LogP contribution in [0.1, 0.15) is 102 Å². The SMILES string of the molecule is CCC(C)(CC(C)(C)OCC(C)C(C)(C)N)CC(C)(C)OCC(C)C(C)(C)N. The molecule has 0 aromatic rings. The molecule has 4 heteroatoms. The van der Waals surface area contributed by atoms with Gasteiger partial charge < -0.3 is 20.9 Å². The third-order valence-electron chi connectivity index (χ3n) is 6.55. The molecule has 0 radical (unpaired) electrons. The van der Waals surface area contributed by atoms with Crippen LogP contribution in [0.2, 0.25) is 0 Å². The molecule has 28 heavy (non-hydrogen) atoms. The van der Waals surface area contributed by atoms with E-state index in [4.69, 9.17) is 20.9 Å². The first-order valence-electron chi connectivity index (χ1n) is 11.1. The van der Waals surface area contributed by atoms with Gasteiger partial charge in [-0.05, 0) is 85.5 Å². The number of nitrogens with two attached hydrogens (primary N) is 2. The summed E-state index contributed by atoms with van der Waals surface area (Å²) < 4.78 is 12.7. The molecule has 4 N–H and O–H groups in total. The van der Waals surface area contributed by atoms with E-state index < -0.39 is 0 Å². The summed E-state index contributed by atoms with van der Waals surface area (Å²) >= 11 is 0. The molecule has 0 amide bonds. The Kier molecular flexibility index (Phi) is 9.71. The quantitative estimate of drug-likeness (QED) is 0.427. The minimum atomic E-state index is -0.229. The predicted molar refractivity (Wildman–Crippen MR) is 123 cm³/mol. The van der Waals surface area contributed by atoms with Gasteiger partial charge in [0.25, 0.3) is 0 Å². The fraction of sp³-hybridized carbons (Fsp3) is 1.00. The number of ether oxygens (including phenoxy) is 2. The van der Waals surface area contributed by atoms with Gasteiger partial charge in [-0.1, -0.05) is 34.1 Å². The van der Waals surface area contributed by atoms with Crippen LogP contribution in [0.15, 0.2) is 0 Å². The van der Waals surface area contributed by atoms with Crippen LogP contribution < -0.4 is 11.5 Å². The Hall–Kier alpha value is -0.160. The maximum Gasteiger partial charge on any atom is 0.0631 e. The second-order valence-electron chi connectivity index (χ2n) is 12.1. The van der Waals surface area contributed by atoms with Crippen molar-refractivity contribution >= 4 is 0 Å². The van der Waals surface area contributed by atoms with E-state index in [2.05, 4.69) is 83.1 Å². The van der Waals surface area contributed by atoms with Gasteiger partial charge in [0, 0.05) is 11.1 Å². The van der Waals surface area contributed by atoms with E-state index in [1.165, 1.54) is 0 Å². The van der Waals surface area contributed by atoms with E-state index >= 15 is 0 Å². The molecule has 0 heterocycles. The molecule has 0 aromatic carbocycles. The summed E-state index contributed by atoms with van der Waals surface area (Å²) in [5, 5.41) is 0. The maximum absolute atomic E-state index is 6.34. The highest BCUT2D eigenvalue weighted by atomic mass is 16.5. The van der Waals surface area contributed by atoms with Gasteiger partial charge in [-0.3, -0.25) is 0 Å². The molecule has 170 valence electrons. The van der Waals surface area contributed by atoms with Crippen molar-refractivity contribution in [1.82, 2.24) is 0 Å². The third kappa shape index (κ3) is 10.6. The molecule has 0 bridgehead atoms. The van der Waals surface area contributed by atoms with Crippen molar-refractivity contribution in [2.24, 2.45) is 28.7 Å². The highest BCUT2D eigenvalue weighted by Gasteiger charge is 2.38. The van der Waals surface area contributed by atoms with E-state index in [-0.39, 0.29) is 27.7 Å². The Labute approximate surface area is 176 Å². The molecular formula is C24H52N2O2. The first-order valence-corrected chi connectivity index (χ1v) is 11.1. The molecule has 0 aromatic heterocycles. The maximum atomic E-state index is 6.34. The van der Waals surface area contributed by atoms with Gasteiger partial charge >= 0.3 is 0 Å². The van der Waals surface area contributed by atoms with E-state index in [0.717, 1.165) is 19.3 Å². The summed E-state index contributed by atoms with van der Waals surface area (Å²) in [4.78, 5) is 0. The molecule has 0 fully saturated rings. The first-order chi connectivity index (χ1) is 12.2. The smallest absolute Gasteiger partial charge is 0.0631 e. The predicted octanol–water partition coefficient (Wildman–Crippen LogP) is 5.52. The second-order valence-corrected chi connectivity index (χ2v) is 12.1. The molecule has 0 rings (SSSR count). The average Bonchev–Trinajstić information content (AvgIpc) is 2.47. The van der Waals surface area contributed by atoms with Crippen LogP contribution in [0.4, 0.5) is 0 Å². The standard InChI is InChI=1S/C24H52N2O2/c1-13-24(12,16-20(4,5)27-14-18(2)22(8,9)25)17-21(6,7)28-15-19(3)23(10,11)26/h18-19H,13-17,25-26H2,1-12H3. The molecular weight excluding hydrogens is 348 g/mol. The second kappa shape index (κ2) is 9.76.